The number of hydrogen-bond acceptors (Lipinski definition) is 1. The summed E-state index contributed by atoms with van der Waals surface area (Å²) in [6.07, 6.45) is 5.13. The molecule has 0 aromatic heterocycles. The van der Waals surface area contributed by atoms with Crippen LogP contribution in [0.1, 0.15) is 26.7 Å². The Morgan fingerprint density at radius 1 is 1.55 bits per heavy atom. The van der Waals surface area contributed by atoms with Gasteiger partial charge in [0.1, 0.15) is 0 Å². The molecule has 0 aromatic carbocycles. The minimum atomic E-state index is 0.752. The fourth-order valence-electron chi connectivity index (χ4n) is 1.09. The van der Waals surface area contributed by atoms with Crippen LogP contribution in [0.5, 0.6) is 0 Å². The predicted molar refractivity (Wildman–Crippen MR) is 51.9 cm³/mol. The Morgan fingerprint density at radius 3 is 2.64 bits per heavy atom. The zero-order valence-electron chi connectivity index (χ0n) is 7.93. The van der Waals surface area contributed by atoms with E-state index in [2.05, 4.69) is 32.0 Å². The summed E-state index contributed by atoms with van der Waals surface area (Å²) in [4.78, 5) is 2.21. The van der Waals surface area contributed by atoms with Crippen LogP contribution in [0.4, 0.5) is 0 Å². The normalized spacial score (nSPS) is 11.7. The molecule has 0 saturated heterocycles. The summed E-state index contributed by atoms with van der Waals surface area (Å²) in [6.45, 7) is 5.43. The lowest BCUT2D eigenvalue weighted by Crippen LogP contribution is -2.11. The molecule has 11 heavy (non-hydrogen) atoms. The highest BCUT2D eigenvalue weighted by atomic mass is 15.1. The Bertz CT molecular complexity index is 121. The molecule has 62 valence electrons. The van der Waals surface area contributed by atoms with E-state index in [1.165, 1.54) is 12.0 Å². The summed E-state index contributed by atoms with van der Waals surface area (Å²) in [6, 6.07) is 0. The first kappa shape index (κ1) is 10.6. The molecular weight excluding hydrogens is 133 g/mol. The standard InChI is InChI=1S/C9H18BN/c1-4-7-11(3)8-9(2)5-6-10/h8H,4-7H2,1-3H3/b9-8-. The first-order valence-corrected chi connectivity index (χ1v) is 4.28. The van der Waals surface area contributed by atoms with Crippen molar-refractivity contribution in [3.63, 3.8) is 0 Å². The van der Waals surface area contributed by atoms with Crippen molar-refractivity contribution in [2.24, 2.45) is 0 Å². The SMILES string of the molecule is [B]CC/C(C)=C\N(C)CCC. The van der Waals surface area contributed by atoms with E-state index in [-0.39, 0.29) is 0 Å². The Hall–Kier alpha value is -0.395. The summed E-state index contributed by atoms with van der Waals surface area (Å²) in [7, 11) is 7.52. The maximum Gasteiger partial charge on any atom is 0.0657 e. The van der Waals surface area contributed by atoms with Gasteiger partial charge >= 0.3 is 0 Å². The quantitative estimate of drug-likeness (QED) is 0.544. The molecule has 0 unspecified atom stereocenters. The smallest absolute Gasteiger partial charge is 0.0657 e. The highest BCUT2D eigenvalue weighted by Crippen LogP contribution is 2.03. The largest absolute Gasteiger partial charge is 0.380 e. The lowest BCUT2D eigenvalue weighted by molar-refractivity contribution is 0.450. The minimum absolute atomic E-state index is 0.752. The second-order valence-corrected chi connectivity index (χ2v) is 2.99. The lowest BCUT2D eigenvalue weighted by atomic mass is 9.98. The van der Waals surface area contributed by atoms with Gasteiger partial charge in [-0.15, -0.1) is 0 Å². The van der Waals surface area contributed by atoms with Crippen LogP contribution < -0.4 is 0 Å². The van der Waals surface area contributed by atoms with Crippen LogP contribution in [-0.4, -0.2) is 26.3 Å². The summed E-state index contributed by atoms with van der Waals surface area (Å²) in [5.74, 6) is 0. The molecule has 0 aliphatic carbocycles. The first-order chi connectivity index (χ1) is 5.20. The number of rotatable bonds is 5. The molecule has 0 atom stereocenters. The topological polar surface area (TPSA) is 3.24 Å². The lowest BCUT2D eigenvalue weighted by Gasteiger charge is -2.13. The molecule has 0 N–H and O–H groups in total. The van der Waals surface area contributed by atoms with Gasteiger partial charge in [0.05, 0.1) is 7.85 Å². The number of hydrogen-bond donors (Lipinski definition) is 0. The van der Waals surface area contributed by atoms with Gasteiger partial charge in [-0.2, -0.15) is 0 Å². The van der Waals surface area contributed by atoms with E-state index in [0.717, 1.165) is 19.3 Å². The van der Waals surface area contributed by atoms with Crippen molar-refractivity contribution in [2.45, 2.75) is 33.0 Å². The van der Waals surface area contributed by atoms with Crippen LogP contribution in [0.3, 0.4) is 0 Å². The van der Waals surface area contributed by atoms with Crippen LogP contribution >= 0.6 is 0 Å². The van der Waals surface area contributed by atoms with E-state index in [1.54, 1.807) is 0 Å². The van der Waals surface area contributed by atoms with Crippen LogP contribution in [-0.2, 0) is 0 Å². The Balaban J connectivity index is 3.66. The van der Waals surface area contributed by atoms with Crippen molar-refractivity contribution in [3.05, 3.63) is 11.8 Å². The Kier molecular flexibility index (Phi) is 6.10. The van der Waals surface area contributed by atoms with Gasteiger partial charge in [-0.1, -0.05) is 18.8 Å². The number of nitrogens with zero attached hydrogens (tertiary/aromatic N) is 1. The molecule has 0 aromatic rings. The third-order valence-corrected chi connectivity index (χ3v) is 1.56. The molecule has 0 fully saturated rings. The zero-order chi connectivity index (χ0) is 8.69. The fraction of sp³-hybridized carbons (Fsp3) is 0.778. The molecule has 0 heterocycles. The van der Waals surface area contributed by atoms with Gasteiger partial charge in [0.25, 0.3) is 0 Å². The highest BCUT2D eigenvalue weighted by molar-refractivity contribution is 6.08. The molecule has 0 aliphatic heterocycles. The molecule has 0 aliphatic rings. The average molecular weight is 151 g/mol. The van der Waals surface area contributed by atoms with Gasteiger partial charge in [0.2, 0.25) is 0 Å². The van der Waals surface area contributed by atoms with Crippen LogP contribution in [0.2, 0.25) is 6.32 Å². The van der Waals surface area contributed by atoms with Crippen LogP contribution in [0.25, 0.3) is 0 Å². The highest BCUT2D eigenvalue weighted by Gasteiger charge is 1.90. The zero-order valence-corrected chi connectivity index (χ0v) is 7.93. The van der Waals surface area contributed by atoms with Crippen molar-refractivity contribution in [1.82, 2.24) is 4.90 Å². The van der Waals surface area contributed by atoms with Gasteiger partial charge < -0.3 is 4.90 Å². The molecule has 0 bridgehead atoms. The van der Waals surface area contributed by atoms with Crippen molar-refractivity contribution >= 4 is 7.85 Å². The summed E-state index contributed by atoms with van der Waals surface area (Å²) in [5, 5.41) is 0. The molecule has 1 nitrogen and oxygen atoms in total. The summed E-state index contributed by atoms with van der Waals surface area (Å²) >= 11 is 0. The molecule has 0 amide bonds. The third-order valence-electron chi connectivity index (χ3n) is 1.56. The fourth-order valence-corrected chi connectivity index (χ4v) is 1.09. The van der Waals surface area contributed by atoms with E-state index in [0.29, 0.717) is 0 Å². The van der Waals surface area contributed by atoms with E-state index in [4.69, 9.17) is 7.85 Å². The molecule has 0 rings (SSSR count). The van der Waals surface area contributed by atoms with Crippen molar-refractivity contribution in [3.8, 4) is 0 Å². The summed E-state index contributed by atoms with van der Waals surface area (Å²) in [5.41, 5.74) is 1.36. The van der Waals surface area contributed by atoms with Crippen LogP contribution in [0.15, 0.2) is 11.8 Å². The molecule has 2 heteroatoms. The minimum Gasteiger partial charge on any atom is -0.380 e. The molecular formula is C9H18BN. The first-order valence-electron chi connectivity index (χ1n) is 4.28. The predicted octanol–water partition coefficient (Wildman–Crippen LogP) is 2.21. The maximum absolute atomic E-state index is 5.42. The Labute approximate surface area is 71.9 Å². The maximum atomic E-state index is 5.42. The summed E-state index contributed by atoms with van der Waals surface area (Å²) < 4.78 is 0. The average Bonchev–Trinajstić information content (AvgIpc) is 1.87. The second-order valence-electron chi connectivity index (χ2n) is 2.99. The van der Waals surface area contributed by atoms with E-state index >= 15 is 0 Å². The second kappa shape index (κ2) is 6.32. The van der Waals surface area contributed by atoms with Gasteiger partial charge in [0, 0.05) is 13.6 Å². The molecule has 2 radical (unpaired) electrons. The van der Waals surface area contributed by atoms with Gasteiger partial charge in [0.15, 0.2) is 0 Å². The van der Waals surface area contributed by atoms with Crippen molar-refractivity contribution in [2.75, 3.05) is 13.6 Å². The van der Waals surface area contributed by atoms with Crippen molar-refractivity contribution in [1.29, 1.82) is 0 Å². The van der Waals surface area contributed by atoms with E-state index in [1.807, 2.05) is 0 Å². The monoisotopic (exact) mass is 151 g/mol. The Morgan fingerprint density at radius 2 is 2.18 bits per heavy atom. The van der Waals surface area contributed by atoms with Crippen LogP contribution in [0, 0.1) is 0 Å². The molecule has 0 saturated carbocycles. The van der Waals surface area contributed by atoms with E-state index < -0.39 is 0 Å². The third kappa shape index (κ3) is 6.02. The number of allylic oxidation sites excluding steroid dienone is 1. The van der Waals surface area contributed by atoms with Gasteiger partial charge in [-0.25, -0.2) is 0 Å². The van der Waals surface area contributed by atoms with Crippen molar-refractivity contribution < 1.29 is 0 Å². The van der Waals surface area contributed by atoms with E-state index in [9.17, 15) is 0 Å². The molecule has 0 spiro atoms. The van der Waals surface area contributed by atoms with Gasteiger partial charge in [-0.05, 0) is 26.0 Å². The van der Waals surface area contributed by atoms with Gasteiger partial charge in [-0.3, -0.25) is 0 Å².